The Bertz CT molecular complexity index is 1360. The van der Waals surface area contributed by atoms with E-state index in [1.807, 2.05) is 12.4 Å². The quantitative estimate of drug-likeness (QED) is 0.297. The minimum absolute atomic E-state index is 0.202. The molecule has 2 aromatic heterocycles. The number of anilines is 1. The van der Waals surface area contributed by atoms with E-state index in [4.69, 9.17) is 14.1 Å². The van der Waals surface area contributed by atoms with E-state index in [1.54, 1.807) is 37.3 Å². The predicted molar refractivity (Wildman–Crippen MR) is 138 cm³/mol. The number of ether oxygens (including phenoxy) is 1. The molecule has 5 rings (SSSR count). The number of esters is 1. The second-order valence-corrected chi connectivity index (χ2v) is 9.07. The number of carbonyl (C=O) groups is 2. The van der Waals surface area contributed by atoms with Crippen molar-refractivity contribution < 1.29 is 18.7 Å². The van der Waals surface area contributed by atoms with Gasteiger partial charge in [-0.05, 0) is 63.1 Å². The van der Waals surface area contributed by atoms with Crippen LogP contribution >= 0.6 is 0 Å². The highest BCUT2D eigenvalue weighted by molar-refractivity contribution is 6.03. The van der Waals surface area contributed by atoms with Crippen molar-refractivity contribution in [2.75, 3.05) is 11.9 Å². The number of benzene rings is 2. The average molecular weight is 484 g/mol. The van der Waals surface area contributed by atoms with Gasteiger partial charge >= 0.3 is 5.97 Å². The molecule has 0 unspecified atom stereocenters. The number of rotatable bonds is 7. The predicted octanol–water partition coefficient (Wildman–Crippen LogP) is 6.66. The maximum absolute atomic E-state index is 12.9. The number of aryl methyl sites for hydroxylation is 1. The highest BCUT2D eigenvalue weighted by atomic mass is 16.5. The molecule has 0 bridgehead atoms. The summed E-state index contributed by atoms with van der Waals surface area (Å²) in [6, 6.07) is 18.7. The maximum Gasteiger partial charge on any atom is 0.338 e. The molecule has 7 heteroatoms. The Balaban J connectivity index is 1.41. The van der Waals surface area contributed by atoms with E-state index in [0.29, 0.717) is 29.7 Å². The molecule has 1 amide bonds. The van der Waals surface area contributed by atoms with Crippen molar-refractivity contribution in [3.63, 3.8) is 0 Å². The van der Waals surface area contributed by atoms with Crippen molar-refractivity contribution in [1.29, 1.82) is 0 Å². The van der Waals surface area contributed by atoms with Crippen LogP contribution in [0.25, 0.3) is 22.7 Å². The highest BCUT2D eigenvalue weighted by Gasteiger charge is 2.26. The van der Waals surface area contributed by atoms with Crippen molar-refractivity contribution in [1.82, 2.24) is 9.55 Å². The summed E-state index contributed by atoms with van der Waals surface area (Å²) < 4.78 is 13.3. The lowest BCUT2D eigenvalue weighted by Gasteiger charge is -2.15. The summed E-state index contributed by atoms with van der Waals surface area (Å²) in [6.45, 7) is 4.13. The van der Waals surface area contributed by atoms with Gasteiger partial charge in [0.05, 0.1) is 24.2 Å². The fourth-order valence-corrected chi connectivity index (χ4v) is 4.67. The van der Waals surface area contributed by atoms with Crippen LogP contribution in [-0.4, -0.2) is 28.0 Å². The van der Waals surface area contributed by atoms with Crippen LogP contribution in [0, 0.1) is 6.92 Å². The summed E-state index contributed by atoms with van der Waals surface area (Å²) in [7, 11) is 0. The Hall–Kier alpha value is -4.13. The second kappa shape index (κ2) is 10.2. The molecule has 7 nitrogen and oxygen atoms in total. The highest BCUT2D eigenvalue weighted by Crippen LogP contribution is 2.39. The van der Waals surface area contributed by atoms with Gasteiger partial charge in [0.1, 0.15) is 5.69 Å². The molecule has 1 aliphatic rings. The lowest BCUT2D eigenvalue weighted by molar-refractivity contribution is 0.0526. The molecule has 0 radical (unpaired) electrons. The number of hydrogen-bond acceptors (Lipinski definition) is 5. The fourth-order valence-electron chi connectivity index (χ4n) is 4.67. The van der Waals surface area contributed by atoms with Gasteiger partial charge in [-0.1, -0.05) is 42.7 Å². The largest absolute Gasteiger partial charge is 0.462 e. The molecule has 0 spiro atoms. The molecule has 1 saturated carbocycles. The van der Waals surface area contributed by atoms with E-state index in [2.05, 4.69) is 41.1 Å². The summed E-state index contributed by atoms with van der Waals surface area (Å²) in [5.41, 5.74) is 4.92. The van der Waals surface area contributed by atoms with Gasteiger partial charge < -0.3 is 19.0 Å². The van der Waals surface area contributed by atoms with Gasteiger partial charge in [0.25, 0.3) is 5.91 Å². The first-order valence-corrected chi connectivity index (χ1v) is 12.4. The van der Waals surface area contributed by atoms with Gasteiger partial charge in [-0.2, -0.15) is 0 Å². The summed E-state index contributed by atoms with van der Waals surface area (Å²) in [6.07, 6.45) is 6.50. The van der Waals surface area contributed by atoms with Gasteiger partial charge in [0.2, 0.25) is 0 Å². The zero-order valence-corrected chi connectivity index (χ0v) is 20.5. The molecule has 36 heavy (non-hydrogen) atoms. The molecular formula is C29H29N3O4. The van der Waals surface area contributed by atoms with Crippen LogP contribution in [0.4, 0.5) is 5.69 Å². The Morgan fingerprint density at radius 2 is 1.75 bits per heavy atom. The van der Waals surface area contributed by atoms with Crippen molar-refractivity contribution >= 4 is 17.6 Å². The first-order valence-electron chi connectivity index (χ1n) is 12.4. The molecule has 4 aromatic rings. The molecule has 2 aromatic carbocycles. The van der Waals surface area contributed by atoms with Crippen molar-refractivity contribution in [2.45, 2.75) is 45.6 Å². The van der Waals surface area contributed by atoms with Crippen LogP contribution in [-0.2, 0) is 4.74 Å². The normalized spacial score (nSPS) is 13.6. The Morgan fingerprint density at radius 1 is 1.03 bits per heavy atom. The molecule has 0 saturated heterocycles. The fraction of sp³-hybridized carbons (Fsp3) is 0.276. The number of hydrogen-bond donors (Lipinski definition) is 1. The maximum atomic E-state index is 12.9. The Morgan fingerprint density at radius 3 is 2.44 bits per heavy atom. The summed E-state index contributed by atoms with van der Waals surface area (Å²) >= 11 is 0. The lowest BCUT2D eigenvalue weighted by Crippen LogP contribution is -2.11. The van der Waals surface area contributed by atoms with Crippen molar-refractivity contribution in [2.24, 2.45) is 0 Å². The molecule has 1 aliphatic carbocycles. The molecule has 1 N–H and O–H groups in total. The van der Waals surface area contributed by atoms with Crippen LogP contribution < -0.4 is 5.32 Å². The topological polar surface area (TPSA) is 86.4 Å². The number of imidazole rings is 1. The van der Waals surface area contributed by atoms with Gasteiger partial charge in [-0.15, -0.1) is 0 Å². The molecule has 184 valence electrons. The standard InChI is InChI=1S/C29H29N3O4/c1-3-35-29(34)21-12-14-22(15-13-21)31-28(33)25-17-16-24(36-25)27-26(20-10-8-19(2)9-11-20)30-18-32(27)23-6-4-5-7-23/h8-18,23H,3-7H2,1-2H3,(H,31,33). The molecule has 2 heterocycles. The second-order valence-electron chi connectivity index (χ2n) is 9.07. The van der Waals surface area contributed by atoms with Crippen LogP contribution in [0.15, 0.2) is 71.4 Å². The number of nitrogens with zero attached hydrogens (tertiary/aromatic N) is 2. The third-order valence-corrected chi connectivity index (χ3v) is 6.55. The molecular weight excluding hydrogens is 454 g/mol. The molecule has 0 atom stereocenters. The minimum atomic E-state index is -0.394. The van der Waals surface area contributed by atoms with E-state index in [-0.39, 0.29) is 11.7 Å². The third-order valence-electron chi connectivity index (χ3n) is 6.55. The van der Waals surface area contributed by atoms with E-state index < -0.39 is 5.97 Å². The van der Waals surface area contributed by atoms with E-state index in [9.17, 15) is 9.59 Å². The number of aromatic nitrogens is 2. The number of carbonyl (C=O) groups excluding carboxylic acids is 2. The Kier molecular flexibility index (Phi) is 6.71. The van der Waals surface area contributed by atoms with Crippen LogP contribution in [0.5, 0.6) is 0 Å². The number of nitrogens with one attached hydrogen (secondary N) is 1. The minimum Gasteiger partial charge on any atom is -0.462 e. The van der Waals surface area contributed by atoms with Gasteiger partial charge in [-0.25, -0.2) is 9.78 Å². The first-order chi connectivity index (χ1) is 17.5. The van der Waals surface area contributed by atoms with Gasteiger partial charge in [-0.3, -0.25) is 4.79 Å². The zero-order chi connectivity index (χ0) is 25.1. The van der Waals surface area contributed by atoms with Crippen LogP contribution in [0.2, 0.25) is 0 Å². The van der Waals surface area contributed by atoms with Gasteiger partial charge in [0, 0.05) is 17.3 Å². The summed E-state index contributed by atoms with van der Waals surface area (Å²) in [5.74, 6) is 0.0505. The average Bonchev–Trinajstić information content (AvgIpc) is 3.65. The van der Waals surface area contributed by atoms with Crippen LogP contribution in [0.3, 0.4) is 0 Å². The number of amides is 1. The lowest BCUT2D eigenvalue weighted by atomic mass is 10.1. The van der Waals surface area contributed by atoms with Crippen molar-refractivity contribution in [3.05, 3.63) is 83.9 Å². The molecule has 0 aliphatic heterocycles. The monoisotopic (exact) mass is 483 g/mol. The van der Waals surface area contributed by atoms with E-state index in [1.165, 1.54) is 18.4 Å². The third kappa shape index (κ3) is 4.82. The zero-order valence-electron chi connectivity index (χ0n) is 20.5. The summed E-state index contributed by atoms with van der Waals surface area (Å²) in [5, 5.41) is 2.83. The Labute approximate surface area is 210 Å². The molecule has 1 fully saturated rings. The van der Waals surface area contributed by atoms with E-state index in [0.717, 1.165) is 29.8 Å². The van der Waals surface area contributed by atoms with Crippen LogP contribution in [0.1, 0.15) is 65.1 Å². The summed E-state index contributed by atoms with van der Waals surface area (Å²) in [4.78, 5) is 29.5. The van der Waals surface area contributed by atoms with E-state index >= 15 is 0 Å². The number of furan rings is 1. The van der Waals surface area contributed by atoms with Crippen molar-refractivity contribution in [3.8, 4) is 22.7 Å². The SMILES string of the molecule is CCOC(=O)c1ccc(NC(=O)c2ccc(-c3c(-c4ccc(C)cc4)ncn3C3CCCC3)o2)cc1. The smallest absolute Gasteiger partial charge is 0.338 e. The van der Waals surface area contributed by atoms with Gasteiger partial charge in [0.15, 0.2) is 11.5 Å². The first kappa shape index (κ1) is 23.6.